The Morgan fingerprint density at radius 3 is 2.92 bits per heavy atom. The van der Waals surface area contributed by atoms with Gasteiger partial charge in [0.15, 0.2) is 4.11 Å². The van der Waals surface area contributed by atoms with Crippen molar-refractivity contribution in [3.05, 3.63) is 0 Å². The molecule has 3 nitrogen and oxygen atoms in total. The van der Waals surface area contributed by atoms with E-state index in [1.54, 1.807) is 0 Å². The van der Waals surface area contributed by atoms with Crippen molar-refractivity contribution < 1.29 is 14.6 Å². The number of hydrogen-bond donors (Lipinski definition) is 2. The molecule has 12 heavy (non-hydrogen) atoms. The zero-order valence-electron chi connectivity index (χ0n) is 6.66. The maximum absolute atomic E-state index is 11.2. The number of thiol groups is 1. The van der Waals surface area contributed by atoms with Gasteiger partial charge in [0.05, 0.1) is 5.92 Å². The smallest absolute Gasteiger partial charge is 0.313 e. The van der Waals surface area contributed by atoms with E-state index < -0.39 is 10.9 Å². The van der Waals surface area contributed by atoms with Gasteiger partial charge in [-0.15, -0.1) is 12.6 Å². The summed E-state index contributed by atoms with van der Waals surface area (Å²) in [6.45, 7) is 1.83. The summed E-state index contributed by atoms with van der Waals surface area (Å²) < 4.78 is 4.70. The fourth-order valence-corrected chi connectivity index (χ4v) is 3.03. The quantitative estimate of drug-likeness (QED) is 0.253. The summed E-state index contributed by atoms with van der Waals surface area (Å²) in [5.74, 6) is -0.840. The van der Waals surface area contributed by atoms with Gasteiger partial charge in [-0.25, -0.2) is 0 Å². The zero-order chi connectivity index (χ0) is 9.35. The molecule has 0 amide bonds. The van der Waals surface area contributed by atoms with Crippen molar-refractivity contribution in [3.8, 4) is 0 Å². The summed E-state index contributed by atoms with van der Waals surface area (Å²) in [6.07, 6.45) is 0.948. The average Bonchev–Trinajstić information content (AvgIpc) is 1.82. The largest absolute Gasteiger partial charge is 0.451 e. The van der Waals surface area contributed by atoms with E-state index in [1.165, 1.54) is 0 Å². The molecule has 0 saturated carbocycles. The fraction of sp³-hybridized carbons (Fsp3) is 0.857. The van der Waals surface area contributed by atoms with Gasteiger partial charge < -0.3 is 9.84 Å². The minimum Gasteiger partial charge on any atom is -0.451 e. The van der Waals surface area contributed by atoms with Crippen molar-refractivity contribution in [3.63, 3.8) is 0 Å². The van der Waals surface area contributed by atoms with E-state index in [0.29, 0.717) is 12.8 Å². The average molecular weight is 302 g/mol. The van der Waals surface area contributed by atoms with E-state index >= 15 is 0 Å². The van der Waals surface area contributed by atoms with Crippen molar-refractivity contribution in [2.45, 2.75) is 28.8 Å². The van der Waals surface area contributed by atoms with E-state index in [0.717, 1.165) is 0 Å². The first-order valence-corrected chi connectivity index (χ1v) is 5.46. The molecular weight excluding hydrogens is 291 g/mol. The highest BCUT2D eigenvalue weighted by atomic mass is 127. The van der Waals surface area contributed by atoms with Crippen LogP contribution in [0.1, 0.15) is 19.8 Å². The van der Waals surface area contributed by atoms with E-state index in [-0.39, 0.29) is 10.1 Å². The second kappa shape index (κ2) is 3.71. The van der Waals surface area contributed by atoms with E-state index in [9.17, 15) is 9.90 Å². The highest BCUT2D eigenvalue weighted by molar-refractivity contribution is 14.1. The lowest BCUT2D eigenvalue weighted by Gasteiger charge is -2.36. The number of aliphatic hydroxyl groups is 1. The second-order valence-electron chi connectivity index (χ2n) is 2.89. The minimum atomic E-state index is -1.20. The van der Waals surface area contributed by atoms with Gasteiger partial charge in [-0.1, -0.05) is 6.92 Å². The molecule has 3 atom stereocenters. The molecule has 1 saturated heterocycles. The van der Waals surface area contributed by atoms with Crippen LogP contribution in [-0.4, -0.2) is 20.1 Å². The first kappa shape index (κ1) is 10.6. The lowest BCUT2D eigenvalue weighted by Crippen LogP contribution is -2.46. The van der Waals surface area contributed by atoms with Gasteiger partial charge >= 0.3 is 5.97 Å². The number of halogens is 1. The Balaban J connectivity index is 2.78. The lowest BCUT2D eigenvalue weighted by molar-refractivity contribution is -0.164. The number of hydrogen-bond acceptors (Lipinski definition) is 4. The summed E-state index contributed by atoms with van der Waals surface area (Å²) in [5.41, 5.74) is 0. The molecule has 0 radical (unpaired) electrons. The summed E-state index contributed by atoms with van der Waals surface area (Å²) in [5, 5.41) is 9.73. The summed E-state index contributed by atoms with van der Waals surface area (Å²) >= 11 is 6.03. The highest BCUT2D eigenvalue weighted by Crippen LogP contribution is 2.37. The first-order chi connectivity index (χ1) is 5.47. The van der Waals surface area contributed by atoms with Crippen molar-refractivity contribution in [2.24, 2.45) is 5.92 Å². The molecule has 1 N–H and O–H groups in total. The highest BCUT2D eigenvalue weighted by Gasteiger charge is 2.45. The van der Waals surface area contributed by atoms with Crippen molar-refractivity contribution in [1.29, 1.82) is 0 Å². The molecule has 0 spiro atoms. The Bertz CT molecular complexity index is 195. The standard InChI is InChI=1S/C7H11IO3S/c1-2-4-6(9)11-5(8)3-7(4,10)12/h4-5,10,12H,2-3H2,1H3/t4-,5+,7+/m1/s1. The molecule has 0 aromatic carbocycles. The number of cyclic esters (lactones) is 1. The van der Waals surface area contributed by atoms with Gasteiger partial charge in [0.2, 0.25) is 0 Å². The van der Waals surface area contributed by atoms with Crippen molar-refractivity contribution in [2.75, 3.05) is 0 Å². The number of esters is 1. The molecule has 1 rings (SSSR count). The number of carbonyl (C=O) groups is 1. The Kier molecular flexibility index (Phi) is 3.27. The van der Waals surface area contributed by atoms with Gasteiger partial charge in [-0.3, -0.25) is 4.79 Å². The number of alkyl halides is 1. The molecule has 0 bridgehead atoms. The fourth-order valence-electron chi connectivity index (χ4n) is 1.31. The third-order valence-electron chi connectivity index (χ3n) is 1.96. The van der Waals surface area contributed by atoms with E-state index in [2.05, 4.69) is 12.6 Å². The predicted octanol–water partition coefficient (Wildman–Crippen LogP) is 1.34. The van der Waals surface area contributed by atoms with Crippen LogP contribution in [0.5, 0.6) is 0 Å². The molecular formula is C7H11IO3S. The zero-order valence-corrected chi connectivity index (χ0v) is 9.71. The normalized spacial score (nSPS) is 42.5. The van der Waals surface area contributed by atoms with Crippen LogP contribution in [0.15, 0.2) is 0 Å². The molecule has 0 aromatic heterocycles. The van der Waals surface area contributed by atoms with Crippen LogP contribution < -0.4 is 0 Å². The Morgan fingerprint density at radius 1 is 1.92 bits per heavy atom. The SMILES string of the molecule is CC[C@@H]1C(=O)O[C@H](I)C[C@]1(O)S. The van der Waals surface area contributed by atoms with Crippen LogP contribution in [0.25, 0.3) is 0 Å². The van der Waals surface area contributed by atoms with Gasteiger partial charge in [0.1, 0.15) is 4.93 Å². The molecule has 1 aliphatic heterocycles. The number of ether oxygens (including phenoxy) is 1. The van der Waals surface area contributed by atoms with Crippen LogP contribution in [0.2, 0.25) is 0 Å². The first-order valence-electron chi connectivity index (χ1n) is 3.76. The van der Waals surface area contributed by atoms with E-state index in [4.69, 9.17) is 4.74 Å². The predicted molar refractivity (Wildman–Crippen MR) is 56.2 cm³/mol. The van der Waals surface area contributed by atoms with Gasteiger partial charge in [0.25, 0.3) is 0 Å². The van der Waals surface area contributed by atoms with Crippen molar-refractivity contribution in [1.82, 2.24) is 0 Å². The van der Waals surface area contributed by atoms with Crippen LogP contribution >= 0.6 is 35.2 Å². The van der Waals surface area contributed by atoms with Crippen LogP contribution in [-0.2, 0) is 9.53 Å². The molecule has 70 valence electrons. The third kappa shape index (κ3) is 2.05. The second-order valence-corrected chi connectivity index (χ2v) is 5.05. The molecule has 1 aliphatic rings. The summed E-state index contributed by atoms with van der Waals surface area (Å²) in [4.78, 5) is 10.0. The van der Waals surface area contributed by atoms with Gasteiger partial charge in [0, 0.05) is 6.42 Å². The third-order valence-corrected chi connectivity index (χ3v) is 3.14. The molecule has 5 heteroatoms. The summed E-state index contributed by atoms with van der Waals surface area (Å²) in [7, 11) is 0. The number of carbonyl (C=O) groups excluding carboxylic acids is 1. The monoisotopic (exact) mass is 302 g/mol. The van der Waals surface area contributed by atoms with Crippen LogP contribution in [0, 0.1) is 5.92 Å². The minimum absolute atomic E-state index is 0.264. The molecule has 0 aliphatic carbocycles. The summed E-state index contributed by atoms with van der Waals surface area (Å²) in [6, 6.07) is 0. The molecule has 0 unspecified atom stereocenters. The molecule has 0 aromatic rings. The number of rotatable bonds is 1. The maximum Gasteiger partial charge on any atom is 0.313 e. The van der Waals surface area contributed by atoms with Gasteiger partial charge in [-0.05, 0) is 29.0 Å². The Hall–Kier alpha value is 0.510. The van der Waals surface area contributed by atoms with Crippen LogP contribution in [0.3, 0.4) is 0 Å². The maximum atomic E-state index is 11.2. The topological polar surface area (TPSA) is 46.5 Å². The van der Waals surface area contributed by atoms with Crippen molar-refractivity contribution >= 4 is 41.2 Å². The Labute approximate surface area is 90.4 Å². The van der Waals surface area contributed by atoms with Crippen LogP contribution in [0.4, 0.5) is 0 Å². The lowest BCUT2D eigenvalue weighted by atomic mass is 9.94. The Morgan fingerprint density at radius 2 is 2.50 bits per heavy atom. The molecule has 1 fully saturated rings. The molecule has 1 heterocycles. The van der Waals surface area contributed by atoms with Gasteiger partial charge in [-0.2, -0.15) is 0 Å². The van der Waals surface area contributed by atoms with E-state index in [1.807, 2.05) is 29.5 Å².